The standard InChI is InChI=1S/C18H21NO4/c1-12-3-6-14(7-4-12)17(21)18(22)19-10-9-13-5-8-15(20)16(11-13)23-2/h3-8,11,17,20-21H,9-10H2,1-2H3,(H,19,22). The number of hydrogen-bond acceptors (Lipinski definition) is 4. The number of hydrogen-bond donors (Lipinski definition) is 3. The summed E-state index contributed by atoms with van der Waals surface area (Å²) in [7, 11) is 1.48. The fraction of sp³-hybridized carbons (Fsp3) is 0.278. The Hall–Kier alpha value is -2.53. The summed E-state index contributed by atoms with van der Waals surface area (Å²) >= 11 is 0. The third-order valence-electron chi connectivity index (χ3n) is 3.60. The summed E-state index contributed by atoms with van der Waals surface area (Å²) < 4.78 is 5.04. The zero-order valence-electron chi connectivity index (χ0n) is 13.2. The van der Waals surface area contributed by atoms with Crippen LogP contribution in [0.3, 0.4) is 0 Å². The number of aryl methyl sites for hydroxylation is 1. The molecule has 1 atom stereocenters. The number of methoxy groups -OCH3 is 1. The molecular weight excluding hydrogens is 294 g/mol. The van der Waals surface area contributed by atoms with Gasteiger partial charge in [0.15, 0.2) is 17.6 Å². The first-order chi connectivity index (χ1) is 11.0. The third kappa shape index (κ3) is 4.47. The van der Waals surface area contributed by atoms with Crippen molar-refractivity contribution in [2.45, 2.75) is 19.4 Å². The maximum absolute atomic E-state index is 12.0. The highest BCUT2D eigenvalue weighted by molar-refractivity contribution is 5.81. The molecule has 0 aliphatic heterocycles. The van der Waals surface area contributed by atoms with Crippen LogP contribution >= 0.6 is 0 Å². The maximum Gasteiger partial charge on any atom is 0.253 e. The van der Waals surface area contributed by atoms with Crippen molar-refractivity contribution >= 4 is 5.91 Å². The van der Waals surface area contributed by atoms with Crippen molar-refractivity contribution in [2.24, 2.45) is 0 Å². The summed E-state index contributed by atoms with van der Waals surface area (Å²) in [5.41, 5.74) is 2.56. The molecule has 2 aromatic carbocycles. The SMILES string of the molecule is COc1cc(CCNC(=O)C(O)c2ccc(C)cc2)ccc1O. The Morgan fingerprint density at radius 3 is 2.57 bits per heavy atom. The Labute approximate surface area is 135 Å². The summed E-state index contributed by atoms with van der Waals surface area (Å²) in [6.45, 7) is 2.33. The molecule has 122 valence electrons. The Morgan fingerprint density at radius 1 is 1.22 bits per heavy atom. The van der Waals surface area contributed by atoms with E-state index in [1.54, 1.807) is 30.3 Å². The molecule has 0 saturated carbocycles. The van der Waals surface area contributed by atoms with Crippen molar-refractivity contribution < 1.29 is 19.7 Å². The van der Waals surface area contributed by atoms with E-state index in [9.17, 15) is 15.0 Å². The number of amides is 1. The molecule has 0 aromatic heterocycles. The van der Waals surface area contributed by atoms with Gasteiger partial charge in [-0.25, -0.2) is 0 Å². The number of carbonyl (C=O) groups is 1. The molecule has 2 rings (SSSR count). The van der Waals surface area contributed by atoms with E-state index in [-0.39, 0.29) is 5.75 Å². The van der Waals surface area contributed by atoms with E-state index in [1.165, 1.54) is 7.11 Å². The molecule has 23 heavy (non-hydrogen) atoms. The lowest BCUT2D eigenvalue weighted by atomic mass is 10.1. The molecule has 5 heteroatoms. The minimum atomic E-state index is -1.18. The molecule has 0 spiro atoms. The molecule has 0 bridgehead atoms. The first-order valence-corrected chi connectivity index (χ1v) is 7.39. The van der Waals surface area contributed by atoms with E-state index >= 15 is 0 Å². The van der Waals surface area contributed by atoms with Crippen molar-refractivity contribution in [3.63, 3.8) is 0 Å². The van der Waals surface area contributed by atoms with Gasteiger partial charge in [0.1, 0.15) is 0 Å². The van der Waals surface area contributed by atoms with Gasteiger partial charge in [-0.2, -0.15) is 0 Å². The van der Waals surface area contributed by atoms with Crippen LogP contribution < -0.4 is 10.1 Å². The molecular formula is C18H21NO4. The van der Waals surface area contributed by atoms with Crippen LogP contribution in [-0.2, 0) is 11.2 Å². The van der Waals surface area contributed by atoms with E-state index in [0.717, 1.165) is 11.1 Å². The van der Waals surface area contributed by atoms with Gasteiger partial charge < -0.3 is 20.3 Å². The van der Waals surface area contributed by atoms with Crippen LogP contribution in [0.25, 0.3) is 0 Å². The predicted octanol–water partition coefficient (Wildman–Crippen LogP) is 2.10. The van der Waals surface area contributed by atoms with Crippen molar-refractivity contribution in [2.75, 3.05) is 13.7 Å². The van der Waals surface area contributed by atoms with Gasteiger partial charge in [-0.05, 0) is 36.6 Å². The first kappa shape index (κ1) is 16.8. The minimum absolute atomic E-state index is 0.0788. The topological polar surface area (TPSA) is 78.8 Å². The van der Waals surface area contributed by atoms with E-state index in [4.69, 9.17) is 4.74 Å². The molecule has 3 N–H and O–H groups in total. The maximum atomic E-state index is 12.0. The number of carbonyl (C=O) groups excluding carboxylic acids is 1. The smallest absolute Gasteiger partial charge is 0.253 e. The zero-order valence-corrected chi connectivity index (χ0v) is 13.2. The van der Waals surface area contributed by atoms with Crippen molar-refractivity contribution in [1.82, 2.24) is 5.32 Å². The number of ether oxygens (including phenoxy) is 1. The summed E-state index contributed by atoms with van der Waals surface area (Å²) in [5, 5.41) is 22.3. The van der Waals surface area contributed by atoms with Crippen LogP contribution in [0.2, 0.25) is 0 Å². The number of aliphatic hydroxyl groups is 1. The number of phenols is 1. The monoisotopic (exact) mass is 315 g/mol. The largest absolute Gasteiger partial charge is 0.504 e. The van der Waals surface area contributed by atoms with Crippen molar-refractivity contribution in [1.29, 1.82) is 0 Å². The van der Waals surface area contributed by atoms with Gasteiger partial charge in [-0.1, -0.05) is 35.9 Å². The lowest BCUT2D eigenvalue weighted by molar-refractivity contribution is -0.129. The van der Waals surface area contributed by atoms with E-state index in [2.05, 4.69) is 5.32 Å². The summed E-state index contributed by atoms with van der Waals surface area (Å²) in [5.74, 6) is 0.0446. The summed E-state index contributed by atoms with van der Waals surface area (Å²) in [6.07, 6.45) is -0.604. The molecule has 0 aliphatic rings. The van der Waals surface area contributed by atoms with Gasteiger partial charge in [-0.3, -0.25) is 4.79 Å². The van der Waals surface area contributed by atoms with Crippen LogP contribution in [0, 0.1) is 6.92 Å². The molecule has 0 fully saturated rings. The van der Waals surface area contributed by atoms with Gasteiger partial charge in [0, 0.05) is 6.54 Å². The average Bonchev–Trinajstić information content (AvgIpc) is 2.56. The Kier molecular flexibility index (Phi) is 5.60. The number of aromatic hydroxyl groups is 1. The Balaban J connectivity index is 1.88. The number of nitrogens with one attached hydrogen (secondary N) is 1. The predicted molar refractivity (Wildman–Crippen MR) is 87.5 cm³/mol. The summed E-state index contributed by atoms with van der Waals surface area (Å²) in [6, 6.07) is 12.2. The molecule has 0 aliphatic carbocycles. The summed E-state index contributed by atoms with van der Waals surface area (Å²) in [4.78, 5) is 12.0. The second-order valence-electron chi connectivity index (χ2n) is 5.36. The Bertz CT molecular complexity index is 667. The molecule has 0 radical (unpaired) electrons. The number of phenolic OH excluding ortho intramolecular Hbond substituents is 1. The molecule has 1 unspecified atom stereocenters. The minimum Gasteiger partial charge on any atom is -0.504 e. The van der Waals surface area contributed by atoms with Gasteiger partial charge in [-0.15, -0.1) is 0 Å². The lowest BCUT2D eigenvalue weighted by Crippen LogP contribution is -2.30. The quantitative estimate of drug-likeness (QED) is 0.763. The molecule has 0 heterocycles. The molecule has 1 amide bonds. The van der Waals surface area contributed by atoms with Gasteiger partial charge in [0.25, 0.3) is 5.91 Å². The molecule has 2 aromatic rings. The normalized spacial score (nSPS) is 11.8. The highest BCUT2D eigenvalue weighted by Crippen LogP contribution is 2.26. The van der Waals surface area contributed by atoms with Crippen LogP contribution in [0.4, 0.5) is 0 Å². The van der Waals surface area contributed by atoms with Crippen molar-refractivity contribution in [3.05, 3.63) is 59.2 Å². The van der Waals surface area contributed by atoms with Crippen LogP contribution in [0.5, 0.6) is 11.5 Å². The number of rotatable bonds is 6. The third-order valence-corrected chi connectivity index (χ3v) is 3.60. The zero-order chi connectivity index (χ0) is 16.8. The molecule has 0 saturated heterocycles. The van der Waals surface area contributed by atoms with Gasteiger partial charge in [0.05, 0.1) is 7.11 Å². The van der Waals surface area contributed by atoms with Gasteiger partial charge in [0.2, 0.25) is 0 Å². The second-order valence-corrected chi connectivity index (χ2v) is 5.36. The van der Waals surface area contributed by atoms with E-state index in [0.29, 0.717) is 24.3 Å². The number of benzene rings is 2. The lowest BCUT2D eigenvalue weighted by Gasteiger charge is -2.12. The van der Waals surface area contributed by atoms with Gasteiger partial charge >= 0.3 is 0 Å². The van der Waals surface area contributed by atoms with Crippen molar-refractivity contribution in [3.8, 4) is 11.5 Å². The van der Waals surface area contributed by atoms with Crippen LogP contribution in [0.15, 0.2) is 42.5 Å². The number of aliphatic hydroxyl groups excluding tert-OH is 1. The van der Waals surface area contributed by atoms with Crippen LogP contribution in [0.1, 0.15) is 22.8 Å². The highest BCUT2D eigenvalue weighted by Gasteiger charge is 2.16. The second kappa shape index (κ2) is 7.65. The fourth-order valence-electron chi connectivity index (χ4n) is 2.20. The molecule has 5 nitrogen and oxygen atoms in total. The highest BCUT2D eigenvalue weighted by atomic mass is 16.5. The first-order valence-electron chi connectivity index (χ1n) is 7.39. The Morgan fingerprint density at radius 2 is 1.91 bits per heavy atom. The average molecular weight is 315 g/mol. The fourth-order valence-corrected chi connectivity index (χ4v) is 2.20. The van der Waals surface area contributed by atoms with E-state index in [1.807, 2.05) is 19.1 Å². The van der Waals surface area contributed by atoms with Crippen LogP contribution in [-0.4, -0.2) is 29.8 Å². The van der Waals surface area contributed by atoms with E-state index < -0.39 is 12.0 Å².